The van der Waals surface area contributed by atoms with E-state index in [-0.39, 0.29) is 13.0 Å². The number of hydrogen-bond acceptors (Lipinski definition) is 2. The Morgan fingerprint density at radius 3 is 2.40 bits per heavy atom. The summed E-state index contributed by atoms with van der Waals surface area (Å²) >= 11 is 3.34. The lowest BCUT2D eigenvalue weighted by molar-refractivity contribution is -0.188. The molecular weight excluding hydrogens is 337 g/mol. The summed E-state index contributed by atoms with van der Waals surface area (Å²) in [6.07, 6.45) is -4.47. The molecule has 20 heavy (non-hydrogen) atoms. The van der Waals surface area contributed by atoms with E-state index in [1.165, 1.54) is 7.11 Å². The number of halogens is 4. The Balaban J connectivity index is 2.34. The molecule has 1 atom stereocenters. The molecule has 2 rings (SSSR count). The van der Waals surface area contributed by atoms with E-state index in [9.17, 15) is 13.2 Å². The molecule has 0 spiro atoms. The molecule has 0 radical (unpaired) electrons. The Bertz CT molecular complexity index is 508. The topological polar surface area (TPSA) is 21.8 Å². The summed E-state index contributed by atoms with van der Waals surface area (Å²) in [4.78, 5) is 0. The van der Waals surface area contributed by atoms with E-state index in [0.29, 0.717) is 5.75 Å². The predicted octanol–water partition coefficient (Wildman–Crippen LogP) is 4.46. The number of methoxy groups -OCH3 is 1. The van der Waals surface area contributed by atoms with Gasteiger partial charge in [0.1, 0.15) is 5.75 Å². The molecular formula is C14H16BrF3O2. The monoisotopic (exact) mass is 352 g/mol. The van der Waals surface area contributed by atoms with Crippen LogP contribution in [-0.4, -0.2) is 25.5 Å². The summed E-state index contributed by atoms with van der Waals surface area (Å²) < 4.78 is 49.9. The second kappa shape index (κ2) is 4.91. The van der Waals surface area contributed by atoms with Crippen molar-refractivity contribution in [2.45, 2.75) is 37.5 Å². The highest BCUT2D eigenvalue weighted by molar-refractivity contribution is 9.10. The number of ether oxygens (including phenoxy) is 2. The van der Waals surface area contributed by atoms with Gasteiger partial charge < -0.3 is 9.47 Å². The summed E-state index contributed by atoms with van der Waals surface area (Å²) in [6.45, 7) is 3.27. The fourth-order valence-electron chi connectivity index (χ4n) is 2.47. The van der Waals surface area contributed by atoms with Crippen LogP contribution in [0.4, 0.5) is 13.2 Å². The maximum atomic E-state index is 13.0. The highest BCUT2D eigenvalue weighted by atomic mass is 79.9. The van der Waals surface area contributed by atoms with Gasteiger partial charge in [-0.05, 0) is 30.0 Å². The van der Waals surface area contributed by atoms with Gasteiger partial charge in [0, 0.05) is 10.0 Å². The average Bonchev–Trinajstić information content (AvgIpc) is 3.08. The standard InChI is InChI=1S/C14H16BrF3O2/c1-12(2,7-13(8-20-13)14(16,17)18)10-6-9(15)4-5-11(10)19-3/h4-6H,7-8H2,1-3H3. The van der Waals surface area contributed by atoms with Crippen LogP contribution in [0.15, 0.2) is 22.7 Å². The van der Waals surface area contributed by atoms with Gasteiger partial charge >= 0.3 is 6.18 Å². The average molecular weight is 353 g/mol. The van der Waals surface area contributed by atoms with Crippen molar-refractivity contribution < 1.29 is 22.6 Å². The van der Waals surface area contributed by atoms with Crippen LogP contribution in [0.3, 0.4) is 0 Å². The van der Waals surface area contributed by atoms with E-state index in [2.05, 4.69) is 15.9 Å². The van der Waals surface area contributed by atoms with Gasteiger partial charge in [0.05, 0.1) is 13.7 Å². The number of alkyl halides is 3. The number of hydrogen-bond donors (Lipinski definition) is 0. The van der Waals surface area contributed by atoms with Crippen molar-refractivity contribution in [3.05, 3.63) is 28.2 Å². The fourth-order valence-corrected chi connectivity index (χ4v) is 2.83. The molecule has 1 heterocycles. The van der Waals surface area contributed by atoms with Crippen molar-refractivity contribution in [2.24, 2.45) is 0 Å². The van der Waals surface area contributed by atoms with E-state index in [1.807, 2.05) is 0 Å². The van der Waals surface area contributed by atoms with Crippen LogP contribution >= 0.6 is 15.9 Å². The van der Waals surface area contributed by atoms with Crippen molar-refractivity contribution in [1.29, 1.82) is 0 Å². The molecule has 112 valence electrons. The molecule has 0 saturated carbocycles. The van der Waals surface area contributed by atoms with Crippen LogP contribution in [-0.2, 0) is 10.2 Å². The minimum Gasteiger partial charge on any atom is -0.496 e. The van der Waals surface area contributed by atoms with Gasteiger partial charge in [0.15, 0.2) is 5.60 Å². The SMILES string of the molecule is COc1ccc(Br)cc1C(C)(C)CC1(C(F)(F)F)CO1. The number of rotatable bonds is 4. The maximum Gasteiger partial charge on any atom is 0.419 e. The molecule has 1 fully saturated rings. The van der Waals surface area contributed by atoms with Crippen LogP contribution < -0.4 is 4.74 Å². The zero-order chi connectivity index (χ0) is 15.2. The van der Waals surface area contributed by atoms with Gasteiger partial charge in [0.25, 0.3) is 0 Å². The molecule has 1 aromatic carbocycles. The van der Waals surface area contributed by atoms with Crippen LogP contribution in [0, 0.1) is 0 Å². The molecule has 0 bridgehead atoms. The molecule has 1 aliphatic rings. The molecule has 1 aromatic rings. The van der Waals surface area contributed by atoms with E-state index in [0.717, 1.165) is 10.0 Å². The van der Waals surface area contributed by atoms with Crippen molar-refractivity contribution in [1.82, 2.24) is 0 Å². The van der Waals surface area contributed by atoms with Gasteiger partial charge in [-0.25, -0.2) is 0 Å². The van der Waals surface area contributed by atoms with Crippen molar-refractivity contribution in [3.63, 3.8) is 0 Å². The Labute approximate surface area is 124 Å². The third kappa shape index (κ3) is 2.81. The summed E-state index contributed by atoms with van der Waals surface area (Å²) in [5, 5.41) is 0. The maximum absolute atomic E-state index is 13.0. The van der Waals surface area contributed by atoms with E-state index >= 15 is 0 Å². The molecule has 1 saturated heterocycles. The van der Waals surface area contributed by atoms with Gasteiger partial charge in [-0.2, -0.15) is 13.2 Å². The van der Waals surface area contributed by atoms with Crippen molar-refractivity contribution >= 4 is 15.9 Å². The minimum atomic E-state index is -4.34. The Morgan fingerprint density at radius 1 is 1.35 bits per heavy atom. The first-order valence-corrected chi connectivity index (χ1v) is 6.95. The zero-order valence-electron chi connectivity index (χ0n) is 11.5. The summed E-state index contributed by atoms with van der Waals surface area (Å²) in [5.41, 5.74) is -2.00. The first kappa shape index (κ1) is 15.6. The number of benzene rings is 1. The minimum absolute atomic E-state index is 0.129. The first-order valence-electron chi connectivity index (χ1n) is 6.16. The van der Waals surface area contributed by atoms with E-state index in [1.54, 1.807) is 32.0 Å². The third-order valence-electron chi connectivity index (χ3n) is 3.63. The van der Waals surface area contributed by atoms with Crippen LogP contribution in [0.5, 0.6) is 5.75 Å². The smallest absolute Gasteiger partial charge is 0.419 e. The molecule has 2 nitrogen and oxygen atoms in total. The van der Waals surface area contributed by atoms with E-state index in [4.69, 9.17) is 9.47 Å². The summed E-state index contributed by atoms with van der Waals surface area (Å²) in [5.74, 6) is 0.580. The van der Waals surface area contributed by atoms with E-state index < -0.39 is 17.2 Å². The predicted molar refractivity (Wildman–Crippen MR) is 73.1 cm³/mol. The lowest BCUT2D eigenvalue weighted by atomic mass is 9.76. The highest BCUT2D eigenvalue weighted by Gasteiger charge is 2.67. The molecule has 0 aromatic heterocycles. The third-order valence-corrected chi connectivity index (χ3v) is 4.12. The summed E-state index contributed by atoms with van der Waals surface area (Å²) in [7, 11) is 1.51. The van der Waals surface area contributed by atoms with Gasteiger partial charge in [-0.1, -0.05) is 29.8 Å². The zero-order valence-corrected chi connectivity index (χ0v) is 13.1. The van der Waals surface area contributed by atoms with Gasteiger partial charge in [0.2, 0.25) is 0 Å². The second-order valence-electron chi connectivity index (χ2n) is 5.69. The number of epoxide rings is 1. The van der Waals surface area contributed by atoms with Gasteiger partial charge in [-0.15, -0.1) is 0 Å². The molecule has 0 aliphatic carbocycles. The lowest BCUT2D eigenvalue weighted by Gasteiger charge is -2.31. The Morgan fingerprint density at radius 2 is 1.95 bits per heavy atom. The summed E-state index contributed by atoms with van der Waals surface area (Å²) in [6, 6.07) is 5.34. The highest BCUT2D eigenvalue weighted by Crippen LogP contribution is 2.52. The fraction of sp³-hybridized carbons (Fsp3) is 0.571. The quantitative estimate of drug-likeness (QED) is 0.746. The molecule has 1 aliphatic heterocycles. The van der Waals surface area contributed by atoms with Crippen molar-refractivity contribution in [2.75, 3.05) is 13.7 Å². The van der Waals surface area contributed by atoms with Crippen molar-refractivity contribution in [3.8, 4) is 5.75 Å². The molecule has 0 N–H and O–H groups in total. The van der Waals surface area contributed by atoms with Crippen LogP contribution in [0.1, 0.15) is 25.8 Å². The normalized spacial score (nSPS) is 22.8. The molecule has 6 heteroatoms. The largest absolute Gasteiger partial charge is 0.496 e. The Hall–Kier alpha value is -0.750. The van der Waals surface area contributed by atoms with Gasteiger partial charge in [-0.3, -0.25) is 0 Å². The molecule has 0 amide bonds. The van der Waals surface area contributed by atoms with Crippen LogP contribution in [0.25, 0.3) is 0 Å². The Kier molecular flexibility index (Phi) is 3.84. The first-order chi connectivity index (χ1) is 9.11. The molecule has 1 unspecified atom stereocenters. The lowest BCUT2D eigenvalue weighted by Crippen LogP contribution is -2.39. The second-order valence-corrected chi connectivity index (χ2v) is 6.60. The van der Waals surface area contributed by atoms with Crippen LogP contribution in [0.2, 0.25) is 0 Å².